The van der Waals surface area contributed by atoms with E-state index in [4.69, 9.17) is 11.1 Å². The van der Waals surface area contributed by atoms with Crippen LogP contribution in [0.1, 0.15) is 54.7 Å². The van der Waals surface area contributed by atoms with Gasteiger partial charge >= 0.3 is 0 Å². The molecule has 2 heterocycles. The zero-order valence-corrected chi connectivity index (χ0v) is 20.7. The first kappa shape index (κ1) is 24.4. The van der Waals surface area contributed by atoms with Crippen LogP contribution in [-0.2, 0) is 11.2 Å². The van der Waals surface area contributed by atoms with E-state index in [0.717, 1.165) is 43.2 Å². The van der Waals surface area contributed by atoms with Crippen molar-refractivity contribution in [2.24, 2.45) is 5.73 Å². The lowest BCUT2D eigenvalue weighted by molar-refractivity contribution is -0.120. The van der Waals surface area contributed by atoms with Crippen LogP contribution in [0.4, 0.5) is 5.69 Å². The molecule has 1 atom stereocenters. The molecule has 4 rings (SSSR count). The van der Waals surface area contributed by atoms with E-state index in [2.05, 4.69) is 42.1 Å². The predicted octanol–water partition coefficient (Wildman–Crippen LogP) is 3.84. The van der Waals surface area contributed by atoms with Crippen LogP contribution in [0.2, 0.25) is 0 Å². The summed E-state index contributed by atoms with van der Waals surface area (Å²) in [7, 11) is 4.37. The number of unbranched alkanes of at least 4 members (excludes halogenated alkanes) is 2. The van der Waals surface area contributed by atoms with Crippen molar-refractivity contribution in [3.8, 4) is 0 Å². The summed E-state index contributed by atoms with van der Waals surface area (Å²) in [5.41, 5.74) is 9.58. The summed E-state index contributed by atoms with van der Waals surface area (Å²) in [6, 6.07) is 16.6. The molecule has 1 unspecified atom stereocenters. The van der Waals surface area contributed by atoms with Crippen LogP contribution in [-0.4, -0.2) is 67.9 Å². The fourth-order valence-corrected chi connectivity index (χ4v) is 5.42. The number of amidine groups is 1. The highest BCUT2D eigenvalue weighted by atomic mass is 16.2. The lowest BCUT2D eigenvalue weighted by atomic mass is 9.85. The maximum absolute atomic E-state index is 13.6. The van der Waals surface area contributed by atoms with Crippen molar-refractivity contribution < 1.29 is 4.79 Å². The van der Waals surface area contributed by atoms with Gasteiger partial charge in [-0.25, -0.2) is 0 Å². The molecule has 6 heteroatoms. The van der Waals surface area contributed by atoms with Gasteiger partial charge in [0.15, 0.2) is 0 Å². The number of nitrogens with one attached hydrogen (secondary N) is 1. The Balaban J connectivity index is 1.35. The largest absolute Gasteiger partial charge is 0.384 e. The van der Waals surface area contributed by atoms with Gasteiger partial charge in [-0.3, -0.25) is 10.2 Å². The molecule has 0 saturated carbocycles. The van der Waals surface area contributed by atoms with Crippen molar-refractivity contribution in [1.29, 1.82) is 5.41 Å². The first-order chi connectivity index (χ1) is 16.4. The molecule has 1 saturated heterocycles. The van der Waals surface area contributed by atoms with E-state index >= 15 is 0 Å². The minimum atomic E-state index is -0.229. The Kier molecular flexibility index (Phi) is 8.01. The lowest BCUT2D eigenvalue weighted by Crippen LogP contribution is -2.42. The minimum absolute atomic E-state index is 0.0355. The number of nitrogen functional groups attached to an aromatic ring is 1. The van der Waals surface area contributed by atoms with Crippen LogP contribution >= 0.6 is 0 Å². The number of rotatable bonds is 9. The summed E-state index contributed by atoms with van der Waals surface area (Å²) in [6.45, 7) is 4.30. The molecule has 34 heavy (non-hydrogen) atoms. The summed E-state index contributed by atoms with van der Waals surface area (Å²) >= 11 is 0. The molecule has 2 aromatic carbocycles. The SMILES string of the molecule is CN(C)C1CCN(CCCCCN2C(=O)C(c3cccc(C(=N)N)c3)Cc3ccccc32)CC1. The first-order valence-electron chi connectivity index (χ1n) is 12.7. The van der Waals surface area contributed by atoms with Crippen molar-refractivity contribution in [3.05, 3.63) is 65.2 Å². The molecule has 2 aromatic rings. The highest BCUT2D eigenvalue weighted by molar-refractivity contribution is 6.01. The Labute approximate surface area is 204 Å². The van der Waals surface area contributed by atoms with Crippen molar-refractivity contribution in [1.82, 2.24) is 9.80 Å². The zero-order valence-electron chi connectivity index (χ0n) is 20.7. The van der Waals surface area contributed by atoms with E-state index in [1.807, 2.05) is 35.2 Å². The van der Waals surface area contributed by atoms with E-state index in [1.165, 1.54) is 37.9 Å². The molecule has 1 amide bonds. The van der Waals surface area contributed by atoms with Gasteiger partial charge in [-0.1, -0.05) is 42.8 Å². The van der Waals surface area contributed by atoms with Crippen molar-refractivity contribution in [2.75, 3.05) is 45.2 Å². The number of likely N-dealkylation sites (tertiary alicyclic amines) is 1. The normalized spacial score (nSPS) is 19.4. The summed E-state index contributed by atoms with van der Waals surface area (Å²) in [5.74, 6) is -0.0364. The Hall–Kier alpha value is -2.70. The Bertz CT molecular complexity index is 996. The van der Waals surface area contributed by atoms with Crippen molar-refractivity contribution in [3.63, 3.8) is 0 Å². The second-order valence-electron chi connectivity index (χ2n) is 10.0. The number of nitrogens with two attached hydrogens (primary N) is 1. The van der Waals surface area contributed by atoms with Gasteiger partial charge in [-0.2, -0.15) is 0 Å². The third kappa shape index (κ3) is 5.68. The fraction of sp³-hybridized carbons (Fsp3) is 0.500. The Morgan fingerprint density at radius 1 is 1.03 bits per heavy atom. The van der Waals surface area contributed by atoms with Crippen LogP contribution < -0.4 is 10.6 Å². The lowest BCUT2D eigenvalue weighted by Gasteiger charge is -2.35. The standard InChI is InChI=1S/C28H39N5O/c1-31(2)24-13-17-32(18-14-24)15-6-3-7-16-33-26-12-5-4-9-22(26)20-25(28(33)34)21-10-8-11-23(19-21)27(29)30/h4-5,8-12,19,24-25H,3,6-7,13-18,20H2,1-2H3,(H3,29,30). The van der Waals surface area contributed by atoms with Crippen LogP contribution in [0.25, 0.3) is 0 Å². The third-order valence-electron chi connectivity index (χ3n) is 7.51. The molecule has 0 aliphatic carbocycles. The smallest absolute Gasteiger partial charge is 0.234 e. The maximum Gasteiger partial charge on any atom is 0.234 e. The van der Waals surface area contributed by atoms with Crippen molar-refractivity contribution >= 4 is 17.4 Å². The second-order valence-corrected chi connectivity index (χ2v) is 10.0. The number of benzene rings is 2. The number of piperidine rings is 1. The zero-order chi connectivity index (χ0) is 24.1. The van der Waals surface area contributed by atoms with E-state index in [1.54, 1.807) is 0 Å². The summed E-state index contributed by atoms with van der Waals surface area (Å²) in [4.78, 5) is 20.5. The molecule has 0 radical (unpaired) electrons. The summed E-state index contributed by atoms with van der Waals surface area (Å²) in [6.07, 6.45) is 6.53. The molecule has 0 bridgehead atoms. The van der Waals surface area contributed by atoms with Gasteiger partial charge in [-0.05, 0) is 89.1 Å². The molecule has 3 N–H and O–H groups in total. The molecule has 2 aliphatic rings. The predicted molar refractivity (Wildman–Crippen MR) is 140 cm³/mol. The topological polar surface area (TPSA) is 76.7 Å². The van der Waals surface area contributed by atoms with Gasteiger partial charge < -0.3 is 20.4 Å². The number of fused-ring (bicyclic) bond motifs is 1. The minimum Gasteiger partial charge on any atom is -0.384 e. The highest BCUT2D eigenvalue weighted by Gasteiger charge is 2.33. The fourth-order valence-electron chi connectivity index (χ4n) is 5.42. The number of anilines is 1. The average Bonchev–Trinajstić information content (AvgIpc) is 2.85. The number of hydrogen-bond donors (Lipinski definition) is 2. The van der Waals surface area contributed by atoms with E-state index < -0.39 is 0 Å². The van der Waals surface area contributed by atoms with Gasteiger partial charge in [0.1, 0.15) is 5.84 Å². The highest BCUT2D eigenvalue weighted by Crippen LogP contribution is 2.36. The monoisotopic (exact) mass is 461 g/mol. The number of hydrogen-bond acceptors (Lipinski definition) is 4. The van der Waals surface area contributed by atoms with E-state index in [-0.39, 0.29) is 17.7 Å². The second kappa shape index (κ2) is 11.2. The number of carbonyl (C=O) groups is 1. The number of para-hydroxylation sites is 1. The van der Waals surface area contributed by atoms with Crippen LogP contribution in [0.5, 0.6) is 0 Å². The first-order valence-corrected chi connectivity index (χ1v) is 12.7. The van der Waals surface area contributed by atoms with Crippen molar-refractivity contribution in [2.45, 2.75) is 50.5 Å². The van der Waals surface area contributed by atoms with Gasteiger partial charge in [0.05, 0.1) is 5.92 Å². The summed E-state index contributed by atoms with van der Waals surface area (Å²) in [5, 5.41) is 7.76. The molecule has 182 valence electrons. The summed E-state index contributed by atoms with van der Waals surface area (Å²) < 4.78 is 0. The maximum atomic E-state index is 13.6. The average molecular weight is 462 g/mol. The van der Waals surface area contributed by atoms with Gasteiger partial charge in [-0.15, -0.1) is 0 Å². The van der Waals surface area contributed by atoms with Crippen LogP contribution in [0.3, 0.4) is 0 Å². The molecular weight excluding hydrogens is 422 g/mol. The third-order valence-corrected chi connectivity index (χ3v) is 7.51. The molecular formula is C28H39N5O. The number of carbonyl (C=O) groups excluding carboxylic acids is 1. The van der Waals surface area contributed by atoms with E-state index in [9.17, 15) is 4.79 Å². The number of nitrogens with zero attached hydrogens (tertiary/aromatic N) is 3. The molecule has 6 nitrogen and oxygen atoms in total. The number of amides is 1. The van der Waals surface area contributed by atoms with E-state index in [0.29, 0.717) is 12.0 Å². The Morgan fingerprint density at radius 3 is 2.50 bits per heavy atom. The van der Waals surface area contributed by atoms with Gasteiger partial charge in [0, 0.05) is 23.8 Å². The molecule has 1 fully saturated rings. The van der Waals surface area contributed by atoms with Gasteiger partial charge in [0.25, 0.3) is 0 Å². The van der Waals surface area contributed by atoms with Gasteiger partial charge in [0.2, 0.25) is 5.91 Å². The molecule has 0 aromatic heterocycles. The quantitative estimate of drug-likeness (QED) is 0.338. The van der Waals surface area contributed by atoms with Crippen LogP contribution in [0.15, 0.2) is 48.5 Å². The molecule has 0 spiro atoms. The molecule has 2 aliphatic heterocycles. The van der Waals surface area contributed by atoms with Crippen LogP contribution in [0, 0.1) is 5.41 Å². The Morgan fingerprint density at radius 2 is 1.76 bits per heavy atom.